The maximum absolute atomic E-state index is 12.1. The first-order valence-electron chi connectivity index (χ1n) is 7.06. The molecule has 1 heterocycles. The molecule has 4 atom stereocenters. The molecule has 3 nitrogen and oxygen atoms in total. The largest absolute Gasteiger partial charge is 0.348 e. The van der Waals surface area contributed by atoms with Gasteiger partial charge in [0, 0.05) is 16.7 Å². The third kappa shape index (κ3) is 2.69. The molecule has 2 aliphatic rings. The van der Waals surface area contributed by atoms with Crippen LogP contribution >= 0.6 is 15.9 Å². The maximum Gasteiger partial charge on any atom is 0.270 e. The molecule has 4 unspecified atom stereocenters. The summed E-state index contributed by atoms with van der Waals surface area (Å²) < 4.78 is 0.894. The number of fused-ring (bicyclic) bond motifs is 2. The summed E-state index contributed by atoms with van der Waals surface area (Å²) in [5.74, 6) is 2.36. The van der Waals surface area contributed by atoms with Gasteiger partial charge in [-0.3, -0.25) is 4.79 Å². The lowest BCUT2D eigenvalue weighted by atomic mass is 9.84. The summed E-state index contributed by atoms with van der Waals surface area (Å²) in [6, 6.07) is 3.87. The van der Waals surface area contributed by atoms with Gasteiger partial charge in [0.25, 0.3) is 5.91 Å². The van der Waals surface area contributed by atoms with Gasteiger partial charge in [0.2, 0.25) is 0 Å². The molecule has 1 aromatic rings. The van der Waals surface area contributed by atoms with Crippen molar-refractivity contribution in [2.45, 2.75) is 38.6 Å². The van der Waals surface area contributed by atoms with Gasteiger partial charge in [-0.15, -0.1) is 0 Å². The van der Waals surface area contributed by atoms with Gasteiger partial charge in [0.15, 0.2) is 0 Å². The first kappa shape index (κ1) is 13.1. The maximum atomic E-state index is 12.1. The fraction of sp³-hybridized carbons (Fsp3) is 0.600. The molecule has 0 aliphatic heterocycles. The first-order valence-corrected chi connectivity index (χ1v) is 7.85. The molecule has 2 bridgehead atoms. The highest BCUT2D eigenvalue weighted by Gasteiger charge is 2.42. The monoisotopic (exact) mass is 322 g/mol. The van der Waals surface area contributed by atoms with Crippen molar-refractivity contribution in [1.29, 1.82) is 0 Å². The van der Waals surface area contributed by atoms with Crippen LogP contribution in [0.4, 0.5) is 0 Å². The van der Waals surface area contributed by atoms with Crippen LogP contribution in [0.15, 0.2) is 22.8 Å². The normalized spacial score (nSPS) is 30.3. The number of aromatic nitrogens is 1. The number of hydrogen-bond acceptors (Lipinski definition) is 2. The van der Waals surface area contributed by atoms with Crippen molar-refractivity contribution in [3.63, 3.8) is 0 Å². The summed E-state index contributed by atoms with van der Waals surface area (Å²) in [7, 11) is 0. The van der Waals surface area contributed by atoms with Crippen LogP contribution in [0.3, 0.4) is 0 Å². The Balaban J connectivity index is 1.61. The molecule has 2 aliphatic carbocycles. The average Bonchev–Trinajstić information content (AvgIpc) is 3.01. The fourth-order valence-electron chi connectivity index (χ4n) is 3.80. The number of carbonyl (C=O) groups is 1. The standard InChI is InChI=1S/C15H19BrN2O/c1-9(13-7-10-2-3-11(13)6-10)18-15(19)14-5-4-12(16)8-17-14/h4-5,8-11,13H,2-3,6-7H2,1H3,(H,18,19). The minimum absolute atomic E-state index is 0.0530. The molecule has 19 heavy (non-hydrogen) atoms. The zero-order valence-electron chi connectivity index (χ0n) is 11.1. The van der Waals surface area contributed by atoms with E-state index >= 15 is 0 Å². The lowest BCUT2D eigenvalue weighted by Crippen LogP contribution is -2.40. The Hall–Kier alpha value is -0.900. The van der Waals surface area contributed by atoms with E-state index in [9.17, 15) is 4.79 Å². The van der Waals surface area contributed by atoms with E-state index in [2.05, 4.69) is 33.2 Å². The molecule has 0 aromatic carbocycles. The minimum atomic E-state index is -0.0530. The van der Waals surface area contributed by atoms with E-state index in [1.54, 1.807) is 12.3 Å². The van der Waals surface area contributed by atoms with Gasteiger partial charge < -0.3 is 5.32 Å². The highest BCUT2D eigenvalue weighted by atomic mass is 79.9. The Morgan fingerprint density at radius 1 is 1.42 bits per heavy atom. The molecule has 2 fully saturated rings. The van der Waals surface area contributed by atoms with Crippen LogP contribution < -0.4 is 5.32 Å². The van der Waals surface area contributed by atoms with E-state index in [1.165, 1.54) is 25.7 Å². The smallest absolute Gasteiger partial charge is 0.270 e. The van der Waals surface area contributed by atoms with Crippen molar-refractivity contribution in [1.82, 2.24) is 10.3 Å². The van der Waals surface area contributed by atoms with Crippen molar-refractivity contribution >= 4 is 21.8 Å². The third-order valence-electron chi connectivity index (χ3n) is 4.75. The van der Waals surface area contributed by atoms with Gasteiger partial charge in [-0.1, -0.05) is 6.42 Å². The zero-order chi connectivity index (χ0) is 13.4. The first-order chi connectivity index (χ1) is 9.13. The topological polar surface area (TPSA) is 42.0 Å². The number of pyridine rings is 1. The van der Waals surface area contributed by atoms with E-state index in [4.69, 9.17) is 0 Å². The summed E-state index contributed by atoms with van der Waals surface area (Å²) in [5, 5.41) is 3.13. The summed E-state index contributed by atoms with van der Waals surface area (Å²) >= 11 is 3.33. The Morgan fingerprint density at radius 3 is 2.84 bits per heavy atom. The van der Waals surface area contributed by atoms with Crippen molar-refractivity contribution in [3.8, 4) is 0 Å². The number of hydrogen-bond donors (Lipinski definition) is 1. The van der Waals surface area contributed by atoms with Gasteiger partial charge in [-0.2, -0.15) is 0 Å². The highest BCUT2D eigenvalue weighted by Crippen LogP contribution is 2.49. The van der Waals surface area contributed by atoms with E-state index in [0.717, 1.165) is 16.3 Å². The van der Waals surface area contributed by atoms with Gasteiger partial charge in [-0.25, -0.2) is 4.98 Å². The molecule has 1 amide bonds. The second-order valence-corrected chi connectivity index (χ2v) is 6.88. The molecular weight excluding hydrogens is 304 g/mol. The summed E-state index contributed by atoms with van der Waals surface area (Å²) in [4.78, 5) is 16.3. The molecular formula is C15H19BrN2O. The molecule has 1 aromatic heterocycles. The van der Waals surface area contributed by atoms with Gasteiger partial charge >= 0.3 is 0 Å². The molecule has 0 spiro atoms. The number of nitrogens with one attached hydrogen (secondary N) is 1. The van der Waals surface area contributed by atoms with Crippen molar-refractivity contribution < 1.29 is 4.79 Å². The number of rotatable bonds is 3. The lowest BCUT2D eigenvalue weighted by Gasteiger charge is -2.28. The average molecular weight is 323 g/mol. The molecule has 4 heteroatoms. The summed E-state index contributed by atoms with van der Waals surface area (Å²) in [6.07, 6.45) is 7.08. The molecule has 2 saturated carbocycles. The van der Waals surface area contributed by atoms with E-state index < -0.39 is 0 Å². The second-order valence-electron chi connectivity index (χ2n) is 5.96. The van der Waals surface area contributed by atoms with Crippen molar-refractivity contribution in [2.24, 2.45) is 17.8 Å². The number of halogens is 1. The molecule has 1 N–H and O–H groups in total. The predicted octanol–water partition coefficient (Wildman–Crippen LogP) is 3.40. The Morgan fingerprint density at radius 2 is 2.26 bits per heavy atom. The third-order valence-corrected chi connectivity index (χ3v) is 5.22. The van der Waals surface area contributed by atoms with Gasteiger partial charge in [0.1, 0.15) is 5.69 Å². The number of amides is 1. The minimum Gasteiger partial charge on any atom is -0.348 e. The van der Waals surface area contributed by atoms with Crippen molar-refractivity contribution in [2.75, 3.05) is 0 Å². The molecule has 0 saturated heterocycles. The van der Waals surface area contributed by atoms with Crippen LogP contribution in [0.2, 0.25) is 0 Å². The van der Waals surface area contributed by atoms with Crippen molar-refractivity contribution in [3.05, 3.63) is 28.5 Å². The van der Waals surface area contributed by atoms with E-state index in [0.29, 0.717) is 11.6 Å². The Bertz CT molecular complexity index is 474. The highest BCUT2D eigenvalue weighted by molar-refractivity contribution is 9.10. The summed E-state index contributed by atoms with van der Waals surface area (Å²) in [6.45, 7) is 2.14. The van der Waals surface area contributed by atoms with E-state index in [-0.39, 0.29) is 11.9 Å². The van der Waals surface area contributed by atoms with Gasteiger partial charge in [-0.05, 0) is 72.0 Å². The van der Waals surface area contributed by atoms with Crippen LogP contribution in [0, 0.1) is 17.8 Å². The second kappa shape index (κ2) is 5.23. The lowest BCUT2D eigenvalue weighted by molar-refractivity contribution is 0.0910. The SMILES string of the molecule is CC(NC(=O)c1ccc(Br)cn1)C1CC2CCC1C2. The molecule has 0 radical (unpaired) electrons. The zero-order valence-corrected chi connectivity index (χ0v) is 12.7. The predicted molar refractivity (Wildman–Crippen MR) is 77.8 cm³/mol. The van der Waals surface area contributed by atoms with Crippen LogP contribution in [-0.4, -0.2) is 16.9 Å². The van der Waals surface area contributed by atoms with E-state index in [1.807, 2.05) is 6.07 Å². The van der Waals surface area contributed by atoms with Gasteiger partial charge in [0.05, 0.1) is 0 Å². The summed E-state index contributed by atoms with van der Waals surface area (Å²) in [5.41, 5.74) is 0.498. The fourth-order valence-corrected chi connectivity index (χ4v) is 4.04. The molecule has 102 valence electrons. The Kier molecular flexibility index (Phi) is 3.61. The number of carbonyl (C=O) groups excluding carboxylic acids is 1. The molecule has 3 rings (SSSR count). The van der Waals surface area contributed by atoms with Crippen LogP contribution in [0.5, 0.6) is 0 Å². The van der Waals surface area contributed by atoms with Crippen LogP contribution in [0.25, 0.3) is 0 Å². The Labute approximate surface area is 122 Å². The quantitative estimate of drug-likeness (QED) is 0.926. The van der Waals surface area contributed by atoms with Crippen LogP contribution in [0.1, 0.15) is 43.1 Å². The van der Waals surface area contributed by atoms with Crippen LogP contribution in [-0.2, 0) is 0 Å². The number of nitrogens with zero attached hydrogens (tertiary/aromatic N) is 1.